The zero-order valence-corrected chi connectivity index (χ0v) is 17.5. The number of rotatable bonds is 4. The molecule has 2 aromatic carbocycles. The number of carbonyl (C=O) groups is 2. The van der Waals surface area contributed by atoms with E-state index in [2.05, 4.69) is 37.2 Å². The number of hydrogen-bond acceptors (Lipinski definition) is 3. The number of amides is 3. The summed E-state index contributed by atoms with van der Waals surface area (Å²) in [6.07, 6.45) is 1.58. The van der Waals surface area contributed by atoms with E-state index in [0.29, 0.717) is 20.8 Å². The van der Waals surface area contributed by atoms with Crippen LogP contribution in [-0.2, 0) is 11.3 Å². The van der Waals surface area contributed by atoms with E-state index in [1.54, 1.807) is 18.2 Å². The highest BCUT2D eigenvalue weighted by Gasteiger charge is 2.33. The first-order chi connectivity index (χ1) is 12.4. The highest BCUT2D eigenvalue weighted by atomic mass is 79.9. The molecule has 1 fully saturated rings. The molecule has 0 spiro atoms. The highest BCUT2D eigenvalue weighted by molar-refractivity contribution is 9.10. The Morgan fingerprint density at radius 3 is 2.50 bits per heavy atom. The Balaban J connectivity index is 1.84. The van der Waals surface area contributed by atoms with Crippen molar-refractivity contribution in [3.63, 3.8) is 0 Å². The largest absolute Gasteiger partial charge is 0.494 e. The Morgan fingerprint density at radius 1 is 1.19 bits per heavy atom. The van der Waals surface area contributed by atoms with Crippen LogP contribution in [0.3, 0.4) is 0 Å². The first-order valence-corrected chi connectivity index (χ1v) is 9.47. The van der Waals surface area contributed by atoms with Gasteiger partial charge in [0.25, 0.3) is 5.91 Å². The molecule has 0 aromatic heterocycles. The summed E-state index contributed by atoms with van der Waals surface area (Å²) in [4.78, 5) is 25.9. The molecule has 1 saturated heterocycles. The molecule has 0 atom stereocenters. The monoisotopic (exact) mass is 498 g/mol. The van der Waals surface area contributed by atoms with Crippen LogP contribution in [0.4, 0.5) is 4.79 Å². The molecule has 0 aliphatic carbocycles. The summed E-state index contributed by atoms with van der Waals surface area (Å²) in [5, 5.41) is 3.00. The lowest BCUT2D eigenvalue weighted by molar-refractivity contribution is -0.123. The van der Waals surface area contributed by atoms with E-state index in [0.717, 1.165) is 14.9 Å². The van der Waals surface area contributed by atoms with Gasteiger partial charge in [0.15, 0.2) is 5.75 Å². The molecule has 26 heavy (non-hydrogen) atoms. The standard InChI is InChI=1S/C18H13Br2ClN2O3/c1-26-16-13(20)6-11(7-14(16)21)8-15-17(24)23(18(25)22-15)9-10-2-4-12(19)5-3-10/h2-8H,9H2,1H3,(H,22,25)/b15-8+. The number of hydrogen-bond donors (Lipinski definition) is 1. The average molecular weight is 501 g/mol. The maximum Gasteiger partial charge on any atom is 0.329 e. The molecular formula is C18H13Br2ClN2O3. The van der Waals surface area contributed by atoms with E-state index >= 15 is 0 Å². The van der Waals surface area contributed by atoms with Crippen LogP contribution in [0.2, 0.25) is 5.02 Å². The van der Waals surface area contributed by atoms with Crippen LogP contribution in [0.5, 0.6) is 5.75 Å². The van der Waals surface area contributed by atoms with Gasteiger partial charge in [0.05, 0.1) is 23.1 Å². The second kappa shape index (κ2) is 7.82. The summed E-state index contributed by atoms with van der Waals surface area (Å²) >= 11 is 12.9. The fraction of sp³-hybridized carbons (Fsp3) is 0.111. The molecule has 1 aliphatic rings. The van der Waals surface area contributed by atoms with Crippen molar-refractivity contribution in [2.75, 3.05) is 7.11 Å². The van der Waals surface area contributed by atoms with Crippen molar-refractivity contribution < 1.29 is 14.3 Å². The van der Waals surface area contributed by atoms with Crippen molar-refractivity contribution in [2.24, 2.45) is 0 Å². The van der Waals surface area contributed by atoms with Gasteiger partial charge in [0, 0.05) is 4.47 Å². The van der Waals surface area contributed by atoms with Crippen LogP contribution in [0.1, 0.15) is 11.1 Å². The molecule has 3 rings (SSSR count). The molecule has 0 radical (unpaired) electrons. The number of carbonyl (C=O) groups excluding carboxylic acids is 2. The average Bonchev–Trinajstić information content (AvgIpc) is 2.84. The summed E-state index contributed by atoms with van der Waals surface area (Å²) in [7, 11) is 1.52. The van der Waals surface area contributed by atoms with Gasteiger partial charge >= 0.3 is 6.03 Å². The van der Waals surface area contributed by atoms with Crippen LogP contribution in [0, 0.1) is 0 Å². The van der Waals surface area contributed by atoms with Gasteiger partial charge in [0.1, 0.15) is 5.70 Å². The molecular weight excluding hydrogens is 487 g/mol. The number of benzene rings is 2. The van der Waals surface area contributed by atoms with Crippen LogP contribution in [-0.4, -0.2) is 23.9 Å². The lowest BCUT2D eigenvalue weighted by Gasteiger charge is -2.11. The molecule has 1 aliphatic heterocycles. The molecule has 5 nitrogen and oxygen atoms in total. The van der Waals surface area contributed by atoms with Crippen molar-refractivity contribution in [2.45, 2.75) is 6.54 Å². The second-order valence-electron chi connectivity index (χ2n) is 5.52. The number of methoxy groups -OCH3 is 1. The minimum Gasteiger partial charge on any atom is -0.494 e. The second-order valence-corrected chi connectivity index (χ2v) is 7.70. The highest BCUT2D eigenvalue weighted by Crippen LogP contribution is 2.35. The maximum absolute atomic E-state index is 12.6. The third-order valence-electron chi connectivity index (χ3n) is 3.75. The van der Waals surface area contributed by atoms with Crippen LogP contribution >= 0.6 is 43.5 Å². The smallest absolute Gasteiger partial charge is 0.329 e. The fourth-order valence-electron chi connectivity index (χ4n) is 2.51. The summed E-state index contributed by atoms with van der Waals surface area (Å²) in [6.45, 7) is 0.197. The molecule has 2 aromatic rings. The molecule has 8 heteroatoms. The lowest BCUT2D eigenvalue weighted by atomic mass is 10.1. The Kier molecular flexibility index (Phi) is 5.70. The number of halogens is 3. The Hall–Kier alpha value is -1.83. The first-order valence-electron chi connectivity index (χ1n) is 7.51. The van der Waals surface area contributed by atoms with E-state index in [-0.39, 0.29) is 18.1 Å². The number of urea groups is 1. The SMILES string of the molecule is COc1c(Cl)cc(/C=C2/NC(=O)N(Cc3ccc(Br)cc3)C2=O)cc1Br. The summed E-state index contributed by atoms with van der Waals surface area (Å²) in [6, 6.07) is 10.4. The van der Waals surface area contributed by atoms with Crippen molar-refractivity contribution in [1.82, 2.24) is 10.2 Å². The van der Waals surface area contributed by atoms with Gasteiger partial charge in [-0.3, -0.25) is 9.69 Å². The normalized spacial score (nSPS) is 15.5. The van der Waals surface area contributed by atoms with Crippen LogP contribution < -0.4 is 10.1 Å². The fourth-order valence-corrected chi connectivity index (χ4v) is 3.84. The van der Waals surface area contributed by atoms with Gasteiger partial charge in [-0.2, -0.15) is 0 Å². The summed E-state index contributed by atoms with van der Waals surface area (Å²) < 4.78 is 6.77. The van der Waals surface area contributed by atoms with Crippen molar-refractivity contribution >= 4 is 61.5 Å². The predicted molar refractivity (Wildman–Crippen MR) is 107 cm³/mol. The van der Waals surface area contributed by atoms with Gasteiger partial charge in [-0.15, -0.1) is 0 Å². The molecule has 0 bridgehead atoms. The molecule has 134 valence electrons. The zero-order valence-electron chi connectivity index (χ0n) is 13.6. The van der Waals surface area contributed by atoms with Gasteiger partial charge in [-0.1, -0.05) is 39.7 Å². The number of nitrogens with one attached hydrogen (secondary N) is 1. The van der Waals surface area contributed by atoms with Gasteiger partial charge in [0.2, 0.25) is 0 Å². The minimum atomic E-state index is -0.456. The van der Waals surface area contributed by atoms with Crippen molar-refractivity contribution in [1.29, 1.82) is 0 Å². The van der Waals surface area contributed by atoms with E-state index < -0.39 is 6.03 Å². The number of imide groups is 1. The predicted octanol–water partition coefficient (Wildman–Crippen LogP) is 4.97. The summed E-state index contributed by atoms with van der Waals surface area (Å²) in [5.41, 5.74) is 1.71. The third-order valence-corrected chi connectivity index (χ3v) is 5.15. The van der Waals surface area contributed by atoms with Crippen molar-refractivity contribution in [3.8, 4) is 5.75 Å². The number of nitrogens with zero attached hydrogens (tertiary/aromatic N) is 1. The Morgan fingerprint density at radius 2 is 1.88 bits per heavy atom. The Bertz CT molecular complexity index is 890. The first kappa shape index (κ1) is 18.9. The van der Waals surface area contributed by atoms with Crippen LogP contribution in [0.15, 0.2) is 51.0 Å². The van der Waals surface area contributed by atoms with Crippen molar-refractivity contribution in [3.05, 3.63) is 67.2 Å². The molecule has 1 heterocycles. The molecule has 0 saturated carbocycles. The van der Waals surface area contributed by atoms with E-state index in [4.69, 9.17) is 16.3 Å². The Labute approximate surface area is 172 Å². The molecule has 0 unspecified atom stereocenters. The van der Waals surface area contributed by atoms with Gasteiger partial charge in [-0.25, -0.2) is 4.79 Å². The van der Waals surface area contributed by atoms with Gasteiger partial charge in [-0.05, 0) is 57.4 Å². The third kappa shape index (κ3) is 3.95. The minimum absolute atomic E-state index is 0.195. The van der Waals surface area contributed by atoms with E-state index in [1.165, 1.54) is 7.11 Å². The molecule has 3 amide bonds. The zero-order chi connectivity index (χ0) is 18.8. The lowest BCUT2D eigenvalue weighted by Crippen LogP contribution is -2.30. The van der Waals surface area contributed by atoms with Crippen LogP contribution in [0.25, 0.3) is 6.08 Å². The van der Waals surface area contributed by atoms with E-state index in [1.807, 2.05) is 24.3 Å². The van der Waals surface area contributed by atoms with Gasteiger partial charge < -0.3 is 10.1 Å². The summed E-state index contributed by atoms with van der Waals surface area (Å²) in [5.74, 6) is 0.119. The van der Waals surface area contributed by atoms with E-state index in [9.17, 15) is 9.59 Å². The quantitative estimate of drug-likeness (QED) is 0.477. The molecule has 1 N–H and O–H groups in total. The topological polar surface area (TPSA) is 58.6 Å². The number of ether oxygens (including phenoxy) is 1. The maximum atomic E-state index is 12.6.